The molecule has 0 aromatic heterocycles. The Hall–Kier alpha value is -2.80. The van der Waals surface area contributed by atoms with Crippen molar-refractivity contribution in [3.8, 4) is 0 Å². The third-order valence-corrected chi connectivity index (χ3v) is 3.72. The zero-order valence-electron chi connectivity index (χ0n) is 13.1. The molecule has 0 aliphatic heterocycles. The third kappa shape index (κ3) is 4.33. The van der Waals surface area contributed by atoms with Gasteiger partial charge in [0.1, 0.15) is 0 Å². The third-order valence-electron chi connectivity index (χ3n) is 3.72. The predicted octanol–water partition coefficient (Wildman–Crippen LogP) is 5.34. The molecule has 0 saturated heterocycles. The summed E-state index contributed by atoms with van der Waals surface area (Å²) >= 11 is 0. The fraction of sp³-hybridized carbons (Fsp3) is 0.0909. The van der Waals surface area contributed by atoms with E-state index in [2.05, 4.69) is 72.8 Å². The molecule has 0 radical (unpaired) electrons. The standard InChI is InChI=1S/C22H20O/c1-4-10-19(11-5-1)16-17-23-18-22(20-12-6-2-7-13-20)21-14-8-3-9-15-21/h1-15,18H,16-17H2. The SMILES string of the molecule is C(OCCc1ccccc1)=C(c1ccccc1)c1ccccc1. The van der Waals surface area contributed by atoms with Crippen molar-refractivity contribution in [1.82, 2.24) is 0 Å². The highest BCUT2D eigenvalue weighted by atomic mass is 16.5. The van der Waals surface area contributed by atoms with E-state index in [9.17, 15) is 0 Å². The second-order valence-corrected chi connectivity index (χ2v) is 5.37. The molecule has 1 heteroatoms. The smallest absolute Gasteiger partial charge is 0.0913 e. The van der Waals surface area contributed by atoms with Crippen LogP contribution in [0.25, 0.3) is 5.57 Å². The van der Waals surface area contributed by atoms with E-state index in [1.165, 1.54) is 16.7 Å². The van der Waals surface area contributed by atoms with Gasteiger partial charge in [-0.3, -0.25) is 0 Å². The minimum Gasteiger partial charge on any atom is -0.500 e. The minimum absolute atomic E-state index is 0.674. The van der Waals surface area contributed by atoms with Gasteiger partial charge in [-0.25, -0.2) is 0 Å². The first-order chi connectivity index (χ1) is 11.4. The maximum absolute atomic E-state index is 5.85. The normalized spacial score (nSPS) is 10.1. The number of hydrogen-bond donors (Lipinski definition) is 0. The monoisotopic (exact) mass is 300 g/mol. The van der Waals surface area contributed by atoms with E-state index in [4.69, 9.17) is 4.74 Å². The van der Waals surface area contributed by atoms with Crippen molar-refractivity contribution in [2.24, 2.45) is 0 Å². The van der Waals surface area contributed by atoms with Gasteiger partial charge in [0.15, 0.2) is 0 Å². The summed E-state index contributed by atoms with van der Waals surface area (Å²) in [6.45, 7) is 0.674. The Morgan fingerprint density at radius 2 is 1.13 bits per heavy atom. The molecule has 0 bridgehead atoms. The zero-order chi connectivity index (χ0) is 15.7. The van der Waals surface area contributed by atoms with E-state index in [0.717, 1.165) is 12.0 Å². The van der Waals surface area contributed by atoms with Gasteiger partial charge >= 0.3 is 0 Å². The van der Waals surface area contributed by atoms with Gasteiger partial charge in [0.05, 0.1) is 12.9 Å². The van der Waals surface area contributed by atoms with Crippen LogP contribution in [0.4, 0.5) is 0 Å². The van der Waals surface area contributed by atoms with Crippen LogP contribution < -0.4 is 0 Å². The summed E-state index contributed by atoms with van der Waals surface area (Å²) in [5.74, 6) is 0. The van der Waals surface area contributed by atoms with E-state index < -0.39 is 0 Å². The molecule has 0 heterocycles. The fourth-order valence-corrected chi connectivity index (χ4v) is 2.50. The summed E-state index contributed by atoms with van der Waals surface area (Å²) in [6, 6.07) is 31.1. The van der Waals surface area contributed by atoms with E-state index in [0.29, 0.717) is 6.61 Å². The van der Waals surface area contributed by atoms with Crippen molar-refractivity contribution in [3.63, 3.8) is 0 Å². The van der Waals surface area contributed by atoms with Crippen LogP contribution in [0.1, 0.15) is 16.7 Å². The lowest BCUT2D eigenvalue weighted by Gasteiger charge is -2.09. The van der Waals surface area contributed by atoms with Gasteiger partial charge in [0.25, 0.3) is 0 Å². The van der Waals surface area contributed by atoms with Crippen LogP contribution in [0.2, 0.25) is 0 Å². The van der Waals surface area contributed by atoms with Crippen molar-refractivity contribution >= 4 is 5.57 Å². The Morgan fingerprint density at radius 3 is 1.65 bits per heavy atom. The molecular weight excluding hydrogens is 280 g/mol. The van der Waals surface area contributed by atoms with Crippen LogP contribution in [0.15, 0.2) is 97.3 Å². The quantitative estimate of drug-likeness (QED) is 0.441. The summed E-state index contributed by atoms with van der Waals surface area (Å²) in [7, 11) is 0. The Balaban J connectivity index is 1.73. The molecule has 0 spiro atoms. The molecule has 23 heavy (non-hydrogen) atoms. The maximum atomic E-state index is 5.85. The summed E-state index contributed by atoms with van der Waals surface area (Å²) in [5, 5.41) is 0. The van der Waals surface area contributed by atoms with Crippen molar-refractivity contribution in [1.29, 1.82) is 0 Å². The molecule has 3 aromatic rings. The molecule has 0 aliphatic carbocycles. The predicted molar refractivity (Wildman–Crippen MR) is 96.1 cm³/mol. The van der Waals surface area contributed by atoms with Crippen molar-refractivity contribution < 1.29 is 4.74 Å². The highest BCUT2D eigenvalue weighted by molar-refractivity contribution is 5.78. The zero-order valence-corrected chi connectivity index (χ0v) is 13.1. The van der Waals surface area contributed by atoms with E-state index in [1.54, 1.807) is 0 Å². The van der Waals surface area contributed by atoms with Gasteiger partial charge < -0.3 is 4.74 Å². The van der Waals surface area contributed by atoms with Crippen molar-refractivity contribution in [3.05, 3.63) is 114 Å². The Kier molecular flexibility index (Phi) is 5.25. The van der Waals surface area contributed by atoms with Gasteiger partial charge in [-0.15, -0.1) is 0 Å². The van der Waals surface area contributed by atoms with Gasteiger partial charge in [-0.05, 0) is 16.7 Å². The van der Waals surface area contributed by atoms with Gasteiger partial charge in [0.2, 0.25) is 0 Å². The van der Waals surface area contributed by atoms with Crippen molar-refractivity contribution in [2.45, 2.75) is 6.42 Å². The maximum Gasteiger partial charge on any atom is 0.0913 e. The lowest BCUT2D eigenvalue weighted by atomic mass is 9.99. The molecule has 114 valence electrons. The average Bonchev–Trinajstić information content (AvgIpc) is 2.64. The van der Waals surface area contributed by atoms with Crippen LogP contribution in [0.3, 0.4) is 0 Å². The van der Waals surface area contributed by atoms with Gasteiger partial charge in [-0.1, -0.05) is 91.0 Å². The van der Waals surface area contributed by atoms with Crippen molar-refractivity contribution in [2.75, 3.05) is 6.61 Å². The second-order valence-electron chi connectivity index (χ2n) is 5.37. The van der Waals surface area contributed by atoms with Crippen LogP contribution >= 0.6 is 0 Å². The molecule has 1 nitrogen and oxygen atoms in total. The Labute approximate surface area is 137 Å². The molecule has 0 atom stereocenters. The summed E-state index contributed by atoms with van der Waals surface area (Å²) in [4.78, 5) is 0. The average molecular weight is 300 g/mol. The lowest BCUT2D eigenvalue weighted by molar-refractivity contribution is 0.255. The van der Waals surface area contributed by atoms with Crippen LogP contribution in [-0.4, -0.2) is 6.61 Å². The molecule has 0 fully saturated rings. The van der Waals surface area contributed by atoms with Crippen LogP contribution in [-0.2, 0) is 11.2 Å². The van der Waals surface area contributed by atoms with E-state index >= 15 is 0 Å². The molecule has 0 unspecified atom stereocenters. The molecule has 0 N–H and O–H groups in total. The number of benzene rings is 3. The van der Waals surface area contributed by atoms with E-state index in [1.807, 2.05) is 24.5 Å². The minimum atomic E-state index is 0.674. The molecular formula is C22H20O. The van der Waals surface area contributed by atoms with Gasteiger partial charge in [0, 0.05) is 12.0 Å². The molecule has 0 aliphatic rings. The molecule has 0 saturated carbocycles. The summed E-state index contributed by atoms with van der Waals surface area (Å²) in [5.41, 5.74) is 4.73. The van der Waals surface area contributed by atoms with E-state index in [-0.39, 0.29) is 0 Å². The number of hydrogen-bond acceptors (Lipinski definition) is 1. The summed E-state index contributed by atoms with van der Waals surface area (Å²) < 4.78 is 5.85. The molecule has 0 amide bonds. The Bertz CT molecular complexity index is 689. The summed E-state index contributed by atoms with van der Waals surface area (Å²) in [6.07, 6.45) is 2.79. The first-order valence-electron chi connectivity index (χ1n) is 7.90. The molecule has 3 aromatic carbocycles. The second kappa shape index (κ2) is 8.00. The first kappa shape index (κ1) is 15.1. The van der Waals surface area contributed by atoms with Crippen LogP contribution in [0, 0.1) is 0 Å². The largest absolute Gasteiger partial charge is 0.500 e. The first-order valence-corrected chi connectivity index (χ1v) is 7.90. The highest BCUT2D eigenvalue weighted by Crippen LogP contribution is 2.23. The number of ether oxygens (including phenoxy) is 1. The topological polar surface area (TPSA) is 9.23 Å². The lowest BCUT2D eigenvalue weighted by Crippen LogP contribution is -1.95. The number of rotatable bonds is 6. The molecule has 3 rings (SSSR count). The van der Waals surface area contributed by atoms with Gasteiger partial charge in [-0.2, -0.15) is 0 Å². The Morgan fingerprint density at radius 1 is 0.652 bits per heavy atom. The van der Waals surface area contributed by atoms with Crippen LogP contribution in [0.5, 0.6) is 0 Å². The highest BCUT2D eigenvalue weighted by Gasteiger charge is 2.04. The fourth-order valence-electron chi connectivity index (χ4n) is 2.50.